The maximum atomic E-state index is 12.0. The number of hydrogen-bond acceptors (Lipinski definition) is 9. The Morgan fingerprint density at radius 3 is 2.76 bits per heavy atom. The van der Waals surface area contributed by atoms with Crippen LogP contribution in [0.4, 0.5) is 5.95 Å². The zero-order valence-electron chi connectivity index (χ0n) is 18.1. The molecule has 0 fully saturated rings. The number of amides is 1. The fourth-order valence-electron chi connectivity index (χ4n) is 2.85. The number of hydrazone groups is 1. The van der Waals surface area contributed by atoms with Crippen LogP contribution >= 0.6 is 11.8 Å². The van der Waals surface area contributed by atoms with E-state index >= 15 is 0 Å². The van der Waals surface area contributed by atoms with Crippen molar-refractivity contribution in [2.75, 3.05) is 17.0 Å². The van der Waals surface area contributed by atoms with Crippen LogP contribution in [0.1, 0.15) is 16.9 Å². The molecule has 4 aromatic rings. The first kappa shape index (κ1) is 22.9. The zero-order chi connectivity index (χ0) is 23.6. The van der Waals surface area contributed by atoms with Crippen LogP contribution in [0.25, 0.3) is 0 Å². The molecule has 2 heterocycles. The molecule has 0 aliphatic rings. The number of nitrogens with one attached hydrogen (secondary N) is 2. The van der Waals surface area contributed by atoms with E-state index in [1.165, 1.54) is 4.68 Å². The summed E-state index contributed by atoms with van der Waals surface area (Å²) in [6.07, 6.45) is 3.17. The number of ether oxygens (including phenoxy) is 1. The Morgan fingerprint density at radius 2 is 1.94 bits per heavy atom. The maximum Gasteiger partial charge on any atom is 0.264 e. The second kappa shape index (κ2) is 11.6. The minimum atomic E-state index is -0.177. The molecule has 2 aromatic carbocycles. The highest BCUT2D eigenvalue weighted by Crippen LogP contribution is 2.19. The number of nitrogens with zero attached hydrogens (tertiary/aromatic N) is 4. The van der Waals surface area contributed by atoms with Gasteiger partial charge < -0.3 is 20.3 Å². The van der Waals surface area contributed by atoms with E-state index in [1.54, 1.807) is 24.6 Å². The largest absolute Gasteiger partial charge is 0.488 e. The van der Waals surface area contributed by atoms with E-state index in [2.05, 4.69) is 26.0 Å². The predicted molar refractivity (Wildman–Crippen MR) is 130 cm³/mol. The third kappa shape index (κ3) is 6.39. The van der Waals surface area contributed by atoms with Gasteiger partial charge in [0.2, 0.25) is 11.1 Å². The SMILES string of the molecule is Nn1c(N/N=C/c2ccccc2OCc2ccccc2)nnc1SCC(=O)NCc1ccco1. The van der Waals surface area contributed by atoms with Crippen molar-refractivity contribution < 1.29 is 13.9 Å². The number of para-hydroxylation sites is 1. The lowest BCUT2D eigenvalue weighted by Gasteiger charge is -2.09. The molecule has 10 nitrogen and oxygen atoms in total. The van der Waals surface area contributed by atoms with Crippen molar-refractivity contribution in [3.05, 3.63) is 89.9 Å². The van der Waals surface area contributed by atoms with Crippen LogP contribution in [0, 0.1) is 0 Å². The predicted octanol–water partition coefficient (Wildman–Crippen LogP) is 3.02. The summed E-state index contributed by atoms with van der Waals surface area (Å²) in [7, 11) is 0. The summed E-state index contributed by atoms with van der Waals surface area (Å²) in [4.78, 5) is 12.0. The number of rotatable bonds is 11. The molecule has 0 aliphatic heterocycles. The number of nitrogens with two attached hydrogens (primary N) is 1. The Balaban J connectivity index is 1.28. The van der Waals surface area contributed by atoms with E-state index in [0.29, 0.717) is 29.8 Å². The van der Waals surface area contributed by atoms with Crippen LogP contribution in [0.5, 0.6) is 5.75 Å². The molecule has 4 rings (SSSR count). The lowest BCUT2D eigenvalue weighted by Crippen LogP contribution is -2.24. The molecule has 0 aliphatic carbocycles. The van der Waals surface area contributed by atoms with Gasteiger partial charge in [-0.15, -0.1) is 10.2 Å². The van der Waals surface area contributed by atoms with Crippen molar-refractivity contribution in [1.82, 2.24) is 20.2 Å². The Labute approximate surface area is 200 Å². The first-order valence-electron chi connectivity index (χ1n) is 10.4. The molecule has 2 aromatic heterocycles. The lowest BCUT2D eigenvalue weighted by atomic mass is 10.2. The number of carbonyl (C=O) groups excluding carboxylic acids is 1. The number of anilines is 1. The number of benzene rings is 2. The summed E-state index contributed by atoms with van der Waals surface area (Å²) in [5.74, 6) is 7.59. The zero-order valence-corrected chi connectivity index (χ0v) is 18.9. The molecule has 0 bridgehead atoms. The Kier molecular flexibility index (Phi) is 7.80. The number of carbonyl (C=O) groups is 1. The second-order valence-electron chi connectivity index (χ2n) is 7.00. The Bertz CT molecular complexity index is 1230. The highest BCUT2D eigenvalue weighted by Gasteiger charge is 2.12. The van der Waals surface area contributed by atoms with Gasteiger partial charge in [0, 0.05) is 5.56 Å². The normalized spacial score (nSPS) is 10.9. The van der Waals surface area contributed by atoms with E-state index in [1.807, 2.05) is 54.6 Å². The first-order valence-corrected chi connectivity index (χ1v) is 11.3. The van der Waals surface area contributed by atoms with Crippen molar-refractivity contribution in [2.45, 2.75) is 18.3 Å². The minimum Gasteiger partial charge on any atom is -0.488 e. The van der Waals surface area contributed by atoms with Gasteiger partial charge in [0.15, 0.2) is 0 Å². The third-order valence-corrected chi connectivity index (χ3v) is 5.50. The van der Waals surface area contributed by atoms with Crippen molar-refractivity contribution in [3.8, 4) is 5.75 Å². The maximum absolute atomic E-state index is 12.0. The van der Waals surface area contributed by atoms with Crippen molar-refractivity contribution in [1.29, 1.82) is 0 Å². The lowest BCUT2D eigenvalue weighted by molar-refractivity contribution is -0.118. The van der Waals surface area contributed by atoms with Gasteiger partial charge in [-0.2, -0.15) is 5.10 Å². The van der Waals surface area contributed by atoms with Gasteiger partial charge in [-0.1, -0.05) is 54.2 Å². The van der Waals surface area contributed by atoms with Gasteiger partial charge in [0.05, 0.1) is 24.8 Å². The van der Waals surface area contributed by atoms with Gasteiger partial charge >= 0.3 is 0 Å². The van der Waals surface area contributed by atoms with E-state index < -0.39 is 0 Å². The average Bonchev–Trinajstić information content (AvgIpc) is 3.51. The monoisotopic (exact) mass is 477 g/mol. The standard InChI is InChI=1S/C23H23N7O3S/c24-30-22(28-29-23(30)34-16-21(31)25-14-19-10-6-12-32-19)27-26-13-18-9-4-5-11-20(18)33-15-17-7-2-1-3-8-17/h1-13H,14-16,24H2,(H,25,31)(H,27,28)/b26-13+. The first-order chi connectivity index (χ1) is 16.7. The summed E-state index contributed by atoms with van der Waals surface area (Å²) in [6, 6.07) is 21.0. The van der Waals surface area contributed by atoms with E-state index in [4.69, 9.17) is 15.0 Å². The van der Waals surface area contributed by atoms with Crippen molar-refractivity contribution >= 4 is 29.8 Å². The molecular weight excluding hydrogens is 454 g/mol. The molecule has 34 heavy (non-hydrogen) atoms. The molecule has 0 saturated heterocycles. The third-order valence-electron chi connectivity index (χ3n) is 4.56. The molecule has 174 valence electrons. The van der Waals surface area contributed by atoms with Crippen molar-refractivity contribution in [3.63, 3.8) is 0 Å². The fraction of sp³-hybridized carbons (Fsp3) is 0.130. The average molecular weight is 478 g/mol. The molecular formula is C23H23N7O3S. The van der Waals surface area contributed by atoms with Crippen LogP contribution in [0.3, 0.4) is 0 Å². The van der Waals surface area contributed by atoms with E-state index in [0.717, 1.165) is 22.9 Å². The van der Waals surface area contributed by atoms with E-state index in [9.17, 15) is 4.79 Å². The van der Waals surface area contributed by atoms with Gasteiger partial charge in [0.25, 0.3) is 5.95 Å². The molecule has 1 amide bonds. The Hall–Kier alpha value is -4.25. The molecule has 0 unspecified atom stereocenters. The van der Waals surface area contributed by atoms with Crippen LogP contribution in [-0.2, 0) is 17.9 Å². The van der Waals surface area contributed by atoms with Gasteiger partial charge in [0.1, 0.15) is 18.1 Å². The van der Waals surface area contributed by atoms with Crippen LogP contribution in [0.2, 0.25) is 0 Å². The quantitative estimate of drug-likeness (QED) is 0.130. The number of thioether (sulfide) groups is 1. The molecule has 11 heteroatoms. The number of nitrogen functional groups attached to an aromatic ring is 1. The van der Waals surface area contributed by atoms with Crippen molar-refractivity contribution in [2.24, 2.45) is 5.10 Å². The summed E-state index contributed by atoms with van der Waals surface area (Å²) in [5.41, 5.74) is 4.63. The van der Waals surface area contributed by atoms with Gasteiger partial charge in [-0.05, 0) is 29.8 Å². The molecule has 0 radical (unpaired) electrons. The summed E-state index contributed by atoms with van der Waals surface area (Å²) in [5, 5.41) is 15.3. The van der Waals surface area contributed by atoms with Gasteiger partial charge in [-0.25, -0.2) is 10.1 Å². The topological polar surface area (TPSA) is 133 Å². The number of furan rings is 1. The van der Waals surface area contributed by atoms with Crippen LogP contribution in [-0.4, -0.2) is 32.7 Å². The van der Waals surface area contributed by atoms with E-state index in [-0.39, 0.29) is 17.6 Å². The van der Waals surface area contributed by atoms with Crippen LogP contribution < -0.4 is 21.3 Å². The van der Waals surface area contributed by atoms with Gasteiger partial charge in [-0.3, -0.25) is 4.79 Å². The highest BCUT2D eigenvalue weighted by molar-refractivity contribution is 7.99. The fourth-order valence-corrected chi connectivity index (χ4v) is 3.53. The molecule has 0 spiro atoms. The molecule has 0 atom stereocenters. The summed E-state index contributed by atoms with van der Waals surface area (Å²) >= 11 is 1.16. The molecule has 4 N–H and O–H groups in total. The summed E-state index contributed by atoms with van der Waals surface area (Å²) < 4.78 is 12.3. The minimum absolute atomic E-state index is 0.130. The number of hydrogen-bond donors (Lipinski definition) is 3. The second-order valence-corrected chi connectivity index (χ2v) is 7.95. The summed E-state index contributed by atoms with van der Waals surface area (Å²) in [6.45, 7) is 0.770. The highest BCUT2D eigenvalue weighted by atomic mass is 32.2. The number of aromatic nitrogens is 3. The smallest absolute Gasteiger partial charge is 0.264 e. The Morgan fingerprint density at radius 1 is 1.12 bits per heavy atom. The molecule has 0 saturated carbocycles. The van der Waals surface area contributed by atoms with Crippen LogP contribution in [0.15, 0.2) is 87.7 Å².